The Kier molecular flexibility index (Phi) is 5.70. The maximum Gasteiger partial charge on any atom is 0.137 e. The molecule has 0 saturated heterocycles. The number of aromatic nitrogens is 1. The Morgan fingerprint density at radius 2 is 2.00 bits per heavy atom. The summed E-state index contributed by atoms with van der Waals surface area (Å²) in [5.74, 6) is -0.289. The van der Waals surface area contributed by atoms with Crippen molar-refractivity contribution in [3.63, 3.8) is 0 Å². The van der Waals surface area contributed by atoms with Crippen molar-refractivity contribution in [2.45, 2.75) is 30.3 Å². The monoisotopic (exact) mass is 308 g/mol. The Balaban J connectivity index is 1.97. The van der Waals surface area contributed by atoms with Gasteiger partial charge >= 0.3 is 0 Å². The first-order valence-electron chi connectivity index (χ1n) is 6.83. The maximum atomic E-state index is 13.6. The van der Waals surface area contributed by atoms with Crippen molar-refractivity contribution < 1.29 is 8.78 Å². The molecule has 2 rings (SSSR count). The summed E-state index contributed by atoms with van der Waals surface area (Å²) in [6, 6.07) is 7.18. The van der Waals surface area contributed by atoms with Crippen LogP contribution in [0.3, 0.4) is 0 Å². The van der Waals surface area contributed by atoms with Crippen LogP contribution in [0.5, 0.6) is 0 Å². The van der Waals surface area contributed by atoms with E-state index in [0.29, 0.717) is 10.9 Å². The smallest absolute Gasteiger partial charge is 0.137 e. The molecule has 5 heteroatoms. The lowest BCUT2D eigenvalue weighted by molar-refractivity contribution is 0.551. The average Bonchev–Trinajstić information content (AvgIpc) is 2.44. The highest BCUT2D eigenvalue weighted by Gasteiger charge is 2.07. The first-order chi connectivity index (χ1) is 10.0. The zero-order valence-electron chi connectivity index (χ0n) is 12.1. The molecule has 1 N–H and O–H groups in total. The minimum absolute atomic E-state index is 0.244. The molecule has 0 aliphatic carbocycles. The number of hydrogen-bond donors (Lipinski definition) is 1. The van der Waals surface area contributed by atoms with Crippen LogP contribution in [0.4, 0.5) is 8.78 Å². The van der Waals surface area contributed by atoms with E-state index in [9.17, 15) is 8.78 Å². The molecule has 1 aromatic carbocycles. The molecule has 0 bridgehead atoms. The molecule has 1 aromatic heterocycles. The molecule has 0 aliphatic heterocycles. The summed E-state index contributed by atoms with van der Waals surface area (Å²) in [5, 5.41) is 3.98. The van der Waals surface area contributed by atoms with Gasteiger partial charge in [0.2, 0.25) is 0 Å². The number of halogens is 2. The molecule has 112 valence electrons. The van der Waals surface area contributed by atoms with E-state index in [2.05, 4.69) is 24.1 Å². The van der Waals surface area contributed by atoms with E-state index in [-0.39, 0.29) is 4.90 Å². The second-order valence-corrected chi connectivity index (χ2v) is 6.27. The van der Waals surface area contributed by atoms with Gasteiger partial charge in [0.25, 0.3) is 0 Å². The normalized spacial score (nSPS) is 11.1. The van der Waals surface area contributed by atoms with Gasteiger partial charge in [-0.05, 0) is 42.3 Å². The molecule has 0 aliphatic rings. The van der Waals surface area contributed by atoms with Gasteiger partial charge in [-0.2, -0.15) is 0 Å². The summed E-state index contributed by atoms with van der Waals surface area (Å²) in [6.07, 6.45) is 1.76. The van der Waals surface area contributed by atoms with E-state index in [1.807, 2.05) is 12.1 Å². The molecule has 0 unspecified atom stereocenters. The second-order valence-electron chi connectivity index (χ2n) is 5.21. The lowest BCUT2D eigenvalue weighted by Crippen LogP contribution is -2.18. The molecule has 0 amide bonds. The summed E-state index contributed by atoms with van der Waals surface area (Å²) >= 11 is 1.12. The van der Waals surface area contributed by atoms with Crippen molar-refractivity contribution in [2.75, 3.05) is 6.54 Å². The highest BCUT2D eigenvalue weighted by molar-refractivity contribution is 7.99. The number of nitrogens with one attached hydrogen (secondary N) is 1. The lowest BCUT2D eigenvalue weighted by Gasteiger charge is -2.08. The fourth-order valence-corrected chi connectivity index (χ4v) is 2.55. The van der Waals surface area contributed by atoms with Crippen molar-refractivity contribution in [1.29, 1.82) is 0 Å². The predicted octanol–water partition coefficient (Wildman–Crippen LogP) is 4.26. The quantitative estimate of drug-likeness (QED) is 0.863. The van der Waals surface area contributed by atoms with Crippen molar-refractivity contribution >= 4 is 11.8 Å². The van der Waals surface area contributed by atoms with E-state index in [0.717, 1.165) is 42.5 Å². The summed E-state index contributed by atoms with van der Waals surface area (Å²) in [5.41, 5.74) is 1.07. The van der Waals surface area contributed by atoms with Crippen molar-refractivity contribution in [2.24, 2.45) is 5.92 Å². The van der Waals surface area contributed by atoms with E-state index in [4.69, 9.17) is 0 Å². The topological polar surface area (TPSA) is 24.9 Å². The van der Waals surface area contributed by atoms with E-state index in [1.165, 1.54) is 6.07 Å². The molecule has 2 aromatic rings. The molecule has 0 saturated carbocycles. The molecular formula is C16H18F2N2S. The molecular weight excluding hydrogens is 290 g/mol. The van der Waals surface area contributed by atoms with Gasteiger partial charge < -0.3 is 5.32 Å². The van der Waals surface area contributed by atoms with Crippen LogP contribution in [-0.4, -0.2) is 11.5 Å². The Morgan fingerprint density at radius 1 is 1.19 bits per heavy atom. The molecule has 0 spiro atoms. The number of pyridine rings is 1. The Bertz CT molecular complexity index is 585. The summed E-state index contributed by atoms with van der Waals surface area (Å²) in [7, 11) is 0. The van der Waals surface area contributed by atoms with Crippen LogP contribution in [0.1, 0.15) is 19.4 Å². The van der Waals surface area contributed by atoms with E-state index in [1.54, 1.807) is 6.20 Å². The summed E-state index contributed by atoms with van der Waals surface area (Å²) < 4.78 is 26.7. The van der Waals surface area contributed by atoms with Gasteiger partial charge in [0.15, 0.2) is 0 Å². The summed E-state index contributed by atoms with van der Waals surface area (Å²) in [6.45, 7) is 6.01. The van der Waals surface area contributed by atoms with Crippen molar-refractivity contribution in [1.82, 2.24) is 10.3 Å². The number of hydrogen-bond acceptors (Lipinski definition) is 3. The van der Waals surface area contributed by atoms with Crippen molar-refractivity contribution in [3.8, 4) is 0 Å². The van der Waals surface area contributed by atoms with Gasteiger partial charge in [-0.15, -0.1) is 0 Å². The zero-order valence-corrected chi connectivity index (χ0v) is 12.9. The standard InChI is InChI=1S/C16H18F2N2S/c1-11(2)8-19-9-12-3-6-16(20-10-12)21-15-7-13(17)4-5-14(15)18/h3-7,10-11,19H,8-9H2,1-2H3. The predicted molar refractivity (Wildman–Crippen MR) is 81.3 cm³/mol. The van der Waals surface area contributed by atoms with Crippen LogP contribution in [0.15, 0.2) is 46.5 Å². The Morgan fingerprint density at radius 3 is 2.67 bits per heavy atom. The number of nitrogens with zero attached hydrogens (tertiary/aromatic N) is 1. The highest BCUT2D eigenvalue weighted by atomic mass is 32.2. The minimum atomic E-state index is -0.451. The molecule has 21 heavy (non-hydrogen) atoms. The largest absolute Gasteiger partial charge is 0.312 e. The fraction of sp³-hybridized carbons (Fsp3) is 0.312. The average molecular weight is 308 g/mol. The summed E-state index contributed by atoms with van der Waals surface area (Å²) in [4.78, 5) is 4.52. The van der Waals surface area contributed by atoms with Gasteiger partial charge in [0.05, 0.1) is 4.90 Å². The third-order valence-corrected chi connectivity index (χ3v) is 3.77. The lowest BCUT2D eigenvalue weighted by atomic mass is 10.2. The molecule has 2 nitrogen and oxygen atoms in total. The minimum Gasteiger partial charge on any atom is -0.312 e. The fourth-order valence-electron chi connectivity index (χ4n) is 1.75. The second kappa shape index (κ2) is 7.52. The molecule has 0 atom stereocenters. The maximum absolute atomic E-state index is 13.6. The van der Waals surface area contributed by atoms with Crippen LogP contribution in [0, 0.1) is 17.6 Å². The third-order valence-electron chi connectivity index (χ3n) is 2.79. The van der Waals surface area contributed by atoms with Crippen LogP contribution in [0.2, 0.25) is 0 Å². The highest BCUT2D eigenvalue weighted by Crippen LogP contribution is 2.28. The SMILES string of the molecule is CC(C)CNCc1ccc(Sc2cc(F)ccc2F)nc1. The van der Waals surface area contributed by atoms with Gasteiger partial charge in [-0.25, -0.2) is 13.8 Å². The van der Waals surface area contributed by atoms with Gasteiger partial charge in [-0.1, -0.05) is 31.7 Å². The van der Waals surface area contributed by atoms with Gasteiger partial charge in [-0.3, -0.25) is 0 Å². The first kappa shape index (κ1) is 15.9. The van der Waals surface area contributed by atoms with E-state index >= 15 is 0 Å². The zero-order chi connectivity index (χ0) is 15.2. The Labute approximate surface area is 128 Å². The van der Waals surface area contributed by atoms with Crippen LogP contribution in [-0.2, 0) is 6.54 Å². The van der Waals surface area contributed by atoms with Crippen LogP contribution >= 0.6 is 11.8 Å². The molecule has 0 fully saturated rings. The molecule has 1 heterocycles. The van der Waals surface area contributed by atoms with Gasteiger partial charge in [0, 0.05) is 12.7 Å². The van der Waals surface area contributed by atoms with Gasteiger partial charge in [0.1, 0.15) is 16.7 Å². The van der Waals surface area contributed by atoms with Crippen LogP contribution < -0.4 is 5.32 Å². The molecule has 0 radical (unpaired) electrons. The van der Waals surface area contributed by atoms with E-state index < -0.39 is 11.6 Å². The number of benzene rings is 1. The third kappa shape index (κ3) is 5.10. The van der Waals surface area contributed by atoms with Crippen LogP contribution in [0.25, 0.3) is 0 Å². The number of rotatable bonds is 6. The Hall–Kier alpha value is -1.46. The first-order valence-corrected chi connectivity index (χ1v) is 7.65. The van der Waals surface area contributed by atoms with Crippen molar-refractivity contribution in [3.05, 3.63) is 53.7 Å².